The van der Waals surface area contributed by atoms with Crippen molar-refractivity contribution in [3.05, 3.63) is 0 Å². The summed E-state index contributed by atoms with van der Waals surface area (Å²) in [4.78, 5) is 19.3. The summed E-state index contributed by atoms with van der Waals surface area (Å²) < 4.78 is 69.7. The maximum atomic E-state index is 11.2. The van der Waals surface area contributed by atoms with E-state index in [1.54, 1.807) is 0 Å². The van der Waals surface area contributed by atoms with E-state index in [1.807, 2.05) is 0 Å². The number of alkyl halides is 6. The van der Waals surface area contributed by atoms with Crippen LogP contribution >= 0.6 is 0 Å². The lowest BCUT2D eigenvalue weighted by Crippen LogP contribution is -2.34. The second-order valence-corrected chi connectivity index (χ2v) is 3.44. The summed E-state index contributed by atoms with van der Waals surface area (Å²) >= 11 is 0. The summed E-state index contributed by atoms with van der Waals surface area (Å²) in [5.41, 5.74) is 0. The zero-order valence-corrected chi connectivity index (χ0v) is 9.03. The van der Waals surface area contributed by atoms with Crippen molar-refractivity contribution in [2.24, 2.45) is 0 Å². The van der Waals surface area contributed by atoms with Crippen LogP contribution in [-0.4, -0.2) is 24.3 Å². The molecule has 3 nitrogen and oxygen atoms in total. The fraction of sp³-hybridized carbons (Fsp3) is 0.778. The third-order valence-electron chi connectivity index (χ3n) is 1.90. The van der Waals surface area contributed by atoms with Gasteiger partial charge in [0.05, 0.1) is 0 Å². The molecule has 0 aromatic carbocycles. The van der Waals surface area contributed by atoms with Gasteiger partial charge in [-0.3, -0.25) is 0 Å². The molecule has 0 aliphatic heterocycles. The number of carbonyl (C=O) groups is 2. The van der Waals surface area contributed by atoms with Gasteiger partial charge < -0.3 is 4.74 Å². The summed E-state index contributed by atoms with van der Waals surface area (Å²) in [5, 5.41) is 0. The largest absolute Gasteiger partial charge is 0.491 e. The van der Waals surface area contributed by atoms with Crippen LogP contribution in [0.1, 0.15) is 32.1 Å². The average molecular weight is 280 g/mol. The molecule has 0 unspecified atom stereocenters. The standard InChI is InChI=1S/C5H10.C4F6O3/c1-2-4-5-3-1;5-3(6,7)1(11)13-2(12)4(8,9)10/h1-5H2;. The van der Waals surface area contributed by atoms with Crippen molar-refractivity contribution in [3.63, 3.8) is 0 Å². The third-order valence-corrected chi connectivity index (χ3v) is 1.90. The van der Waals surface area contributed by atoms with E-state index < -0.39 is 24.3 Å². The molecule has 1 aliphatic carbocycles. The number of esters is 2. The Morgan fingerprint density at radius 2 is 0.889 bits per heavy atom. The minimum Gasteiger partial charge on any atom is -0.380 e. The molecule has 0 bridgehead atoms. The first-order chi connectivity index (χ1) is 8.05. The van der Waals surface area contributed by atoms with Gasteiger partial charge in [-0.25, -0.2) is 9.59 Å². The lowest BCUT2D eigenvalue weighted by Gasteiger charge is -2.06. The number of ether oxygens (including phenoxy) is 1. The molecule has 0 heterocycles. The normalized spacial score (nSPS) is 15.7. The van der Waals surface area contributed by atoms with Gasteiger partial charge in [0.2, 0.25) is 0 Å². The van der Waals surface area contributed by atoms with E-state index in [-0.39, 0.29) is 0 Å². The number of halogens is 6. The molecule has 1 rings (SSSR count). The van der Waals surface area contributed by atoms with Crippen molar-refractivity contribution in [3.8, 4) is 0 Å². The smallest absolute Gasteiger partial charge is 0.380 e. The van der Waals surface area contributed by atoms with Crippen LogP contribution in [0.4, 0.5) is 26.3 Å². The van der Waals surface area contributed by atoms with Gasteiger partial charge in [0, 0.05) is 0 Å². The molecule has 106 valence electrons. The number of hydrogen-bond acceptors (Lipinski definition) is 3. The molecule has 1 fully saturated rings. The molecular formula is C9H10F6O3. The minimum atomic E-state index is -5.62. The van der Waals surface area contributed by atoms with Gasteiger partial charge in [-0.2, -0.15) is 26.3 Å². The first kappa shape index (κ1) is 16.7. The summed E-state index contributed by atoms with van der Waals surface area (Å²) in [6, 6.07) is 0. The molecule has 0 aromatic heterocycles. The van der Waals surface area contributed by atoms with E-state index in [9.17, 15) is 35.9 Å². The highest BCUT2D eigenvalue weighted by molar-refractivity contribution is 5.90. The zero-order valence-electron chi connectivity index (χ0n) is 9.03. The second kappa shape index (κ2) is 6.60. The summed E-state index contributed by atoms with van der Waals surface area (Å²) in [7, 11) is 0. The number of hydrogen-bond donors (Lipinski definition) is 0. The van der Waals surface area contributed by atoms with Crippen LogP contribution in [0.25, 0.3) is 0 Å². The Hall–Kier alpha value is -1.28. The monoisotopic (exact) mass is 280 g/mol. The SMILES string of the molecule is C1CCCC1.O=C(OC(=O)C(F)(F)F)C(F)(F)F. The first-order valence-electron chi connectivity index (χ1n) is 4.95. The lowest BCUT2D eigenvalue weighted by atomic mass is 10.4. The van der Waals surface area contributed by atoms with Crippen molar-refractivity contribution in [1.29, 1.82) is 0 Å². The Morgan fingerprint density at radius 1 is 0.667 bits per heavy atom. The Bertz CT molecular complexity index is 258. The molecule has 1 aliphatic rings. The predicted octanol–water partition coefficient (Wildman–Crippen LogP) is 3.13. The Labute approximate surface area is 98.1 Å². The molecule has 0 N–H and O–H groups in total. The van der Waals surface area contributed by atoms with Crippen LogP contribution in [0.15, 0.2) is 0 Å². The van der Waals surface area contributed by atoms with E-state index in [2.05, 4.69) is 4.74 Å². The van der Waals surface area contributed by atoms with Crippen molar-refractivity contribution in [1.82, 2.24) is 0 Å². The Balaban J connectivity index is 0.000000473. The highest BCUT2D eigenvalue weighted by atomic mass is 19.4. The summed E-state index contributed by atoms with van der Waals surface area (Å²) in [6.07, 6.45) is -3.75. The molecule has 0 saturated heterocycles. The van der Waals surface area contributed by atoms with Gasteiger partial charge in [-0.15, -0.1) is 0 Å². The van der Waals surface area contributed by atoms with Gasteiger partial charge in [-0.05, 0) is 0 Å². The van der Waals surface area contributed by atoms with Gasteiger partial charge >= 0.3 is 24.3 Å². The van der Waals surface area contributed by atoms with Crippen molar-refractivity contribution in [2.75, 3.05) is 0 Å². The maximum Gasteiger partial charge on any atom is 0.491 e. The lowest BCUT2D eigenvalue weighted by molar-refractivity contribution is -0.221. The van der Waals surface area contributed by atoms with Crippen LogP contribution in [0.2, 0.25) is 0 Å². The number of rotatable bonds is 0. The fourth-order valence-electron chi connectivity index (χ4n) is 1.08. The molecule has 9 heteroatoms. The molecule has 1 saturated carbocycles. The van der Waals surface area contributed by atoms with E-state index >= 15 is 0 Å². The van der Waals surface area contributed by atoms with E-state index in [0.29, 0.717) is 0 Å². The van der Waals surface area contributed by atoms with Crippen LogP contribution in [0.5, 0.6) is 0 Å². The maximum absolute atomic E-state index is 11.2. The predicted molar refractivity (Wildman–Crippen MR) is 46.3 cm³/mol. The third kappa shape index (κ3) is 7.13. The quantitative estimate of drug-likeness (QED) is 0.389. The van der Waals surface area contributed by atoms with Crippen LogP contribution < -0.4 is 0 Å². The molecule has 0 radical (unpaired) electrons. The average Bonchev–Trinajstić information content (AvgIpc) is 2.71. The zero-order chi connectivity index (χ0) is 14.4. The number of carbonyl (C=O) groups excluding carboxylic acids is 2. The van der Waals surface area contributed by atoms with Gasteiger partial charge in [0.15, 0.2) is 0 Å². The summed E-state index contributed by atoms with van der Waals surface area (Å²) in [6.45, 7) is 0. The topological polar surface area (TPSA) is 43.4 Å². The van der Waals surface area contributed by atoms with Gasteiger partial charge in [-0.1, -0.05) is 32.1 Å². The molecule has 0 amide bonds. The van der Waals surface area contributed by atoms with Crippen LogP contribution in [-0.2, 0) is 14.3 Å². The second-order valence-electron chi connectivity index (χ2n) is 3.44. The van der Waals surface area contributed by atoms with Crippen LogP contribution in [0.3, 0.4) is 0 Å². The highest BCUT2D eigenvalue weighted by Crippen LogP contribution is 2.21. The van der Waals surface area contributed by atoms with Crippen molar-refractivity contribution in [2.45, 2.75) is 44.5 Å². The minimum absolute atomic E-state index is 1.50. The van der Waals surface area contributed by atoms with E-state index in [1.165, 1.54) is 32.1 Å². The molecular weight excluding hydrogens is 270 g/mol. The molecule has 0 spiro atoms. The molecule has 0 atom stereocenters. The van der Waals surface area contributed by atoms with Crippen molar-refractivity contribution < 1.29 is 40.7 Å². The summed E-state index contributed by atoms with van der Waals surface area (Å²) in [5.74, 6) is -6.40. The molecule has 18 heavy (non-hydrogen) atoms. The highest BCUT2D eigenvalue weighted by Gasteiger charge is 2.49. The van der Waals surface area contributed by atoms with Gasteiger partial charge in [0.25, 0.3) is 0 Å². The Morgan fingerprint density at radius 3 is 1.06 bits per heavy atom. The Kier molecular flexibility index (Phi) is 6.13. The van der Waals surface area contributed by atoms with Crippen molar-refractivity contribution >= 4 is 11.9 Å². The van der Waals surface area contributed by atoms with E-state index in [0.717, 1.165) is 0 Å². The van der Waals surface area contributed by atoms with Crippen LogP contribution in [0, 0.1) is 0 Å². The molecule has 0 aromatic rings. The van der Waals surface area contributed by atoms with Gasteiger partial charge in [0.1, 0.15) is 0 Å². The fourth-order valence-corrected chi connectivity index (χ4v) is 1.08. The van der Waals surface area contributed by atoms with E-state index in [4.69, 9.17) is 0 Å². The first-order valence-corrected chi connectivity index (χ1v) is 4.95.